The lowest BCUT2D eigenvalue weighted by Crippen LogP contribution is -2.42. The fraction of sp³-hybridized carbons (Fsp3) is 0.407. The number of rotatable bonds is 7. The number of likely N-dealkylation sites (tertiary alicyclic amines) is 1. The molecule has 6 rings (SSSR count). The van der Waals surface area contributed by atoms with Crippen molar-refractivity contribution in [3.05, 3.63) is 41.0 Å². The maximum absolute atomic E-state index is 13.6. The second-order valence-corrected chi connectivity index (χ2v) is 9.28. The number of ether oxygens (including phenoxy) is 7. The highest BCUT2D eigenvalue weighted by molar-refractivity contribution is 6.46. The van der Waals surface area contributed by atoms with Crippen molar-refractivity contribution >= 4 is 17.4 Å². The number of hydrogen-bond donors (Lipinski definition) is 1. The number of carbonyl (C=O) groups is 2. The predicted octanol–water partition coefficient (Wildman–Crippen LogP) is 1.92. The van der Waals surface area contributed by atoms with E-state index in [0.29, 0.717) is 72.7 Å². The fourth-order valence-electron chi connectivity index (χ4n) is 5.31. The van der Waals surface area contributed by atoms with Crippen LogP contribution in [-0.4, -0.2) is 93.8 Å². The molecule has 2 fully saturated rings. The van der Waals surface area contributed by atoms with Crippen LogP contribution in [0.3, 0.4) is 0 Å². The van der Waals surface area contributed by atoms with Crippen LogP contribution in [0, 0.1) is 0 Å². The molecule has 4 aliphatic heterocycles. The summed E-state index contributed by atoms with van der Waals surface area (Å²) in [7, 11) is 2.94. The average Bonchev–Trinajstić information content (AvgIpc) is 3.70. The molecule has 12 nitrogen and oxygen atoms in total. The molecule has 1 atom stereocenters. The molecule has 2 saturated heterocycles. The van der Waals surface area contributed by atoms with E-state index in [4.69, 9.17) is 33.2 Å². The van der Waals surface area contributed by atoms with E-state index in [1.807, 2.05) is 0 Å². The third-order valence-electron chi connectivity index (χ3n) is 7.26. The summed E-state index contributed by atoms with van der Waals surface area (Å²) < 4.78 is 38.8. The van der Waals surface area contributed by atoms with Crippen LogP contribution in [-0.2, 0) is 14.3 Å². The Morgan fingerprint density at radius 2 is 1.69 bits per heavy atom. The molecule has 2 aromatic rings. The standard InChI is InChI=1S/C27H28N2O10/c1-33-19-12-16(24(34-2)26-25(19)38-14-39-26)21-20(22(30)15-3-4-17-18(11-15)37-13-36-17)23(31)27(32)29(21)6-5-28-7-9-35-10-8-28/h3-4,11-12,21,30H,5-10,13-14H2,1-2H3/b22-20+. The van der Waals surface area contributed by atoms with Crippen molar-refractivity contribution in [1.29, 1.82) is 0 Å². The molecule has 206 valence electrons. The number of methoxy groups -OCH3 is 2. The SMILES string of the molecule is COc1cc(C2/C(=C(\O)c3ccc4c(c3)OCO4)C(=O)C(=O)N2CCN2CCOCC2)c(OC)c2c1OCO2. The number of Topliss-reactive ketones (excluding diaryl/α,β-unsaturated/α-hetero) is 1. The molecule has 4 heterocycles. The van der Waals surface area contributed by atoms with Crippen LogP contribution in [0.5, 0.6) is 34.5 Å². The zero-order chi connectivity index (χ0) is 27.1. The number of hydrogen-bond acceptors (Lipinski definition) is 11. The number of ketones is 1. The smallest absolute Gasteiger partial charge is 0.295 e. The lowest BCUT2D eigenvalue weighted by atomic mass is 9.93. The van der Waals surface area contributed by atoms with Gasteiger partial charge in [0.25, 0.3) is 11.7 Å². The molecule has 1 N–H and O–H groups in total. The maximum atomic E-state index is 13.6. The summed E-state index contributed by atoms with van der Waals surface area (Å²) in [4.78, 5) is 30.7. The minimum atomic E-state index is -0.991. The van der Waals surface area contributed by atoms with Crippen molar-refractivity contribution in [2.45, 2.75) is 6.04 Å². The van der Waals surface area contributed by atoms with E-state index in [0.717, 1.165) is 0 Å². The molecular weight excluding hydrogens is 512 g/mol. The number of aliphatic hydroxyl groups is 1. The Labute approximate surface area is 224 Å². The van der Waals surface area contributed by atoms with Gasteiger partial charge in [0.05, 0.1) is 39.0 Å². The Balaban J connectivity index is 1.49. The summed E-state index contributed by atoms with van der Waals surface area (Å²) in [6, 6.07) is 5.49. The first kappa shape index (κ1) is 25.1. The summed E-state index contributed by atoms with van der Waals surface area (Å²) in [5.74, 6) is 0.362. The van der Waals surface area contributed by atoms with E-state index in [2.05, 4.69) is 4.90 Å². The molecule has 1 unspecified atom stereocenters. The molecule has 0 spiro atoms. The van der Waals surface area contributed by atoms with Crippen molar-refractivity contribution in [1.82, 2.24) is 9.80 Å². The van der Waals surface area contributed by atoms with Gasteiger partial charge < -0.3 is 43.2 Å². The molecule has 39 heavy (non-hydrogen) atoms. The Bertz CT molecular complexity index is 1350. The van der Waals surface area contributed by atoms with Crippen LogP contribution in [0.2, 0.25) is 0 Å². The topological polar surface area (TPSA) is 125 Å². The van der Waals surface area contributed by atoms with Gasteiger partial charge in [-0.25, -0.2) is 0 Å². The minimum Gasteiger partial charge on any atom is -0.507 e. The number of morpholine rings is 1. The van der Waals surface area contributed by atoms with Gasteiger partial charge in [0.1, 0.15) is 5.76 Å². The quantitative estimate of drug-likeness (QED) is 0.315. The monoisotopic (exact) mass is 540 g/mol. The van der Waals surface area contributed by atoms with Crippen LogP contribution in [0.1, 0.15) is 17.2 Å². The molecule has 0 radical (unpaired) electrons. The van der Waals surface area contributed by atoms with Crippen molar-refractivity contribution in [3.63, 3.8) is 0 Å². The largest absolute Gasteiger partial charge is 0.507 e. The summed E-state index contributed by atoms with van der Waals surface area (Å²) in [6.45, 7) is 3.38. The number of aliphatic hydroxyl groups excluding tert-OH is 1. The van der Waals surface area contributed by atoms with Crippen molar-refractivity contribution in [3.8, 4) is 34.5 Å². The lowest BCUT2D eigenvalue weighted by molar-refractivity contribution is -0.140. The summed E-state index contributed by atoms with van der Waals surface area (Å²) in [5.41, 5.74) is 0.643. The summed E-state index contributed by atoms with van der Waals surface area (Å²) in [6.07, 6.45) is 0. The van der Waals surface area contributed by atoms with Crippen LogP contribution < -0.4 is 28.4 Å². The fourth-order valence-corrected chi connectivity index (χ4v) is 5.31. The first-order valence-corrected chi connectivity index (χ1v) is 12.5. The predicted molar refractivity (Wildman–Crippen MR) is 135 cm³/mol. The van der Waals surface area contributed by atoms with E-state index in [-0.39, 0.29) is 37.2 Å². The van der Waals surface area contributed by atoms with E-state index >= 15 is 0 Å². The third-order valence-corrected chi connectivity index (χ3v) is 7.26. The van der Waals surface area contributed by atoms with E-state index in [9.17, 15) is 14.7 Å². The van der Waals surface area contributed by atoms with Gasteiger partial charge >= 0.3 is 0 Å². The van der Waals surface area contributed by atoms with Gasteiger partial charge in [0, 0.05) is 37.3 Å². The molecule has 0 bridgehead atoms. The first-order chi connectivity index (χ1) is 19.0. The molecule has 4 aliphatic rings. The second-order valence-electron chi connectivity index (χ2n) is 9.28. The zero-order valence-corrected chi connectivity index (χ0v) is 21.6. The molecule has 0 saturated carbocycles. The number of benzene rings is 2. The minimum absolute atomic E-state index is 0.0417. The van der Waals surface area contributed by atoms with E-state index < -0.39 is 17.7 Å². The summed E-state index contributed by atoms with van der Waals surface area (Å²) >= 11 is 0. The van der Waals surface area contributed by atoms with Gasteiger partial charge in [-0.1, -0.05) is 0 Å². The highest BCUT2D eigenvalue weighted by Gasteiger charge is 2.48. The lowest BCUT2D eigenvalue weighted by Gasteiger charge is -2.31. The van der Waals surface area contributed by atoms with Crippen LogP contribution in [0.4, 0.5) is 0 Å². The van der Waals surface area contributed by atoms with E-state index in [1.54, 1.807) is 24.3 Å². The van der Waals surface area contributed by atoms with Crippen molar-refractivity contribution in [2.24, 2.45) is 0 Å². The number of amides is 1. The average molecular weight is 541 g/mol. The number of nitrogens with zero attached hydrogens (tertiary/aromatic N) is 2. The highest BCUT2D eigenvalue weighted by Crippen LogP contribution is 2.54. The molecule has 12 heteroatoms. The normalized spacial score (nSPS) is 21.5. The zero-order valence-electron chi connectivity index (χ0n) is 21.6. The highest BCUT2D eigenvalue weighted by atomic mass is 16.7. The van der Waals surface area contributed by atoms with E-state index in [1.165, 1.54) is 19.1 Å². The van der Waals surface area contributed by atoms with Crippen molar-refractivity contribution in [2.75, 3.05) is 67.2 Å². The Kier molecular flexibility index (Phi) is 6.57. The van der Waals surface area contributed by atoms with Gasteiger partial charge in [-0.3, -0.25) is 14.5 Å². The number of carbonyl (C=O) groups excluding carboxylic acids is 2. The third kappa shape index (κ3) is 4.25. The van der Waals surface area contributed by atoms with Crippen LogP contribution >= 0.6 is 0 Å². The molecular formula is C27H28N2O10. The molecule has 0 aliphatic carbocycles. The number of fused-ring (bicyclic) bond motifs is 2. The van der Waals surface area contributed by atoms with Crippen LogP contribution in [0.25, 0.3) is 5.76 Å². The Hall–Kier alpha value is -4.16. The Morgan fingerprint density at radius 1 is 0.949 bits per heavy atom. The van der Waals surface area contributed by atoms with Crippen LogP contribution in [0.15, 0.2) is 29.8 Å². The molecule has 0 aromatic heterocycles. The second kappa shape index (κ2) is 10.2. The maximum Gasteiger partial charge on any atom is 0.295 e. The summed E-state index contributed by atoms with van der Waals surface area (Å²) in [5, 5.41) is 11.5. The van der Waals surface area contributed by atoms with Gasteiger partial charge in [0.15, 0.2) is 23.0 Å². The van der Waals surface area contributed by atoms with Crippen molar-refractivity contribution < 1.29 is 47.9 Å². The van der Waals surface area contributed by atoms with Gasteiger partial charge in [-0.15, -0.1) is 0 Å². The molecule has 2 aromatic carbocycles. The van der Waals surface area contributed by atoms with Gasteiger partial charge in [-0.05, 0) is 24.3 Å². The van der Waals surface area contributed by atoms with Gasteiger partial charge in [-0.2, -0.15) is 0 Å². The first-order valence-electron chi connectivity index (χ1n) is 12.5. The Morgan fingerprint density at radius 3 is 2.46 bits per heavy atom. The molecule has 1 amide bonds. The van der Waals surface area contributed by atoms with Gasteiger partial charge in [0.2, 0.25) is 25.1 Å².